The number of rotatable bonds is 7. The number of hydrogen-bond donors (Lipinski definition) is 2. The van der Waals surface area contributed by atoms with Crippen LogP contribution in [0, 0.1) is 5.92 Å². The zero-order chi connectivity index (χ0) is 23.8. The second-order valence-corrected chi connectivity index (χ2v) is 9.22. The number of fused-ring (bicyclic) bond motifs is 1. The number of nitrogens with two attached hydrogens (primary N) is 1. The van der Waals surface area contributed by atoms with Gasteiger partial charge in [0.05, 0.1) is 6.26 Å². The lowest BCUT2D eigenvalue weighted by molar-refractivity contribution is -0.134. The number of aromatic nitrogens is 5. The number of hydrogen-bond acceptors (Lipinski definition) is 9. The predicted molar refractivity (Wildman–Crippen MR) is 121 cm³/mol. The molecule has 1 aliphatic heterocycles. The van der Waals surface area contributed by atoms with Gasteiger partial charge in [-0.15, -0.1) is 5.10 Å². The topological polar surface area (TPSA) is 131 Å². The fraction of sp³-hybridized carbons (Fsp3) is 0.571. The van der Waals surface area contributed by atoms with E-state index in [1.807, 2.05) is 18.7 Å². The van der Waals surface area contributed by atoms with Gasteiger partial charge in [0.1, 0.15) is 11.7 Å². The quantitative estimate of drug-likeness (QED) is 0.542. The number of furan rings is 1. The highest BCUT2D eigenvalue weighted by Crippen LogP contribution is 2.20. The zero-order valence-corrected chi connectivity index (χ0v) is 19.3. The minimum atomic E-state index is -1.26. The summed E-state index contributed by atoms with van der Waals surface area (Å²) in [5.41, 5.74) is 4.81. The van der Waals surface area contributed by atoms with E-state index in [4.69, 9.17) is 10.2 Å². The lowest BCUT2D eigenvalue weighted by atomic mass is 10.0. The number of nitrogens with zero attached hydrogens (tertiary/aromatic N) is 7. The van der Waals surface area contributed by atoms with E-state index in [9.17, 15) is 9.18 Å². The first-order valence-electron chi connectivity index (χ1n) is 11.0. The van der Waals surface area contributed by atoms with Crippen molar-refractivity contribution >= 4 is 23.6 Å². The highest BCUT2D eigenvalue weighted by atomic mass is 19.1. The van der Waals surface area contributed by atoms with Crippen molar-refractivity contribution in [1.29, 1.82) is 0 Å². The second kappa shape index (κ2) is 8.93. The monoisotopic (exact) mass is 459 g/mol. The first-order valence-corrected chi connectivity index (χ1v) is 11.0. The van der Waals surface area contributed by atoms with E-state index in [1.165, 1.54) is 10.8 Å². The number of amides is 1. The minimum absolute atomic E-state index is 0.0297. The Morgan fingerprint density at radius 1 is 1.24 bits per heavy atom. The molecule has 1 fully saturated rings. The van der Waals surface area contributed by atoms with Crippen molar-refractivity contribution in [2.75, 3.05) is 43.8 Å². The molecule has 1 saturated heterocycles. The highest BCUT2D eigenvalue weighted by molar-refractivity contribution is 5.84. The van der Waals surface area contributed by atoms with Crippen molar-refractivity contribution in [2.45, 2.75) is 39.4 Å². The molecule has 11 nitrogen and oxygen atoms in total. The van der Waals surface area contributed by atoms with Crippen LogP contribution in [0.25, 0.3) is 17.4 Å². The third-order valence-corrected chi connectivity index (χ3v) is 5.48. The molecule has 4 heterocycles. The van der Waals surface area contributed by atoms with Gasteiger partial charge in [0.15, 0.2) is 5.76 Å². The summed E-state index contributed by atoms with van der Waals surface area (Å²) in [6.07, 6.45) is 1.53. The molecule has 0 unspecified atom stereocenters. The predicted octanol–water partition coefficient (Wildman–Crippen LogP) is 1.69. The van der Waals surface area contributed by atoms with Gasteiger partial charge in [0.25, 0.3) is 5.78 Å². The fourth-order valence-electron chi connectivity index (χ4n) is 3.89. The van der Waals surface area contributed by atoms with E-state index in [-0.39, 0.29) is 29.5 Å². The Balaban J connectivity index is 1.48. The number of anilines is 2. The summed E-state index contributed by atoms with van der Waals surface area (Å²) < 4.78 is 20.6. The smallest absolute Gasteiger partial charge is 0.259 e. The third-order valence-electron chi connectivity index (χ3n) is 5.48. The van der Waals surface area contributed by atoms with Crippen molar-refractivity contribution in [1.82, 2.24) is 34.4 Å². The molecule has 3 N–H and O–H groups in total. The Morgan fingerprint density at radius 2 is 1.97 bits per heavy atom. The fourth-order valence-corrected chi connectivity index (χ4v) is 3.89. The number of carbonyl (C=O) groups is 1. The van der Waals surface area contributed by atoms with E-state index in [2.05, 4.69) is 25.4 Å². The third kappa shape index (κ3) is 5.21. The maximum Gasteiger partial charge on any atom is 0.259 e. The number of nitrogen functional groups attached to an aromatic ring is 1. The first kappa shape index (κ1) is 22.9. The summed E-state index contributed by atoms with van der Waals surface area (Å²) in [6.45, 7) is 9.74. The molecule has 0 saturated carbocycles. The van der Waals surface area contributed by atoms with Gasteiger partial charge >= 0.3 is 0 Å². The van der Waals surface area contributed by atoms with E-state index >= 15 is 0 Å². The Bertz CT molecular complexity index is 1100. The Morgan fingerprint density at radius 3 is 2.58 bits per heavy atom. The van der Waals surface area contributed by atoms with Crippen LogP contribution in [0.3, 0.4) is 0 Å². The van der Waals surface area contributed by atoms with Gasteiger partial charge < -0.3 is 20.4 Å². The van der Waals surface area contributed by atoms with Gasteiger partial charge in [-0.1, -0.05) is 13.8 Å². The summed E-state index contributed by atoms with van der Waals surface area (Å²) in [5, 5.41) is 7.41. The number of alkyl halides is 1. The second-order valence-electron chi connectivity index (χ2n) is 9.22. The van der Waals surface area contributed by atoms with Crippen molar-refractivity contribution in [3.63, 3.8) is 0 Å². The maximum absolute atomic E-state index is 14.0. The number of carbonyl (C=O) groups excluding carboxylic acids is 1. The number of halogens is 1. The van der Waals surface area contributed by atoms with Crippen LogP contribution < -0.4 is 11.1 Å². The van der Waals surface area contributed by atoms with Crippen LogP contribution in [-0.4, -0.2) is 84.7 Å². The molecule has 33 heavy (non-hydrogen) atoms. The van der Waals surface area contributed by atoms with Crippen LogP contribution in [0.15, 0.2) is 22.8 Å². The normalized spacial score (nSPS) is 16.5. The summed E-state index contributed by atoms with van der Waals surface area (Å²) in [4.78, 5) is 30.1. The first-order chi connectivity index (χ1) is 15.6. The molecule has 0 aliphatic carbocycles. The number of piperazine rings is 1. The zero-order valence-electron chi connectivity index (χ0n) is 19.3. The van der Waals surface area contributed by atoms with Gasteiger partial charge in [0.2, 0.25) is 23.6 Å². The van der Waals surface area contributed by atoms with Crippen molar-refractivity contribution in [2.24, 2.45) is 5.92 Å². The average molecular weight is 460 g/mol. The van der Waals surface area contributed by atoms with E-state index < -0.39 is 11.7 Å². The molecule has 0 spiro atoms. The van der Waals surface area contributed by atoms with Crippen molar-refractivity contribution in [3.05, 3.63) is 18.4 Å². The molecule has 0 radical (unpaired) electrons. The Hall–Kier alpha value is -3.28. The van der Waals surface area contributed by atoms with Gasteiger partial charge in [-0.25, -0.2) is 4.39 Å². The van der Waals surface area contributed by atoms with E-state index in [1.54, 1.807) is 30.9 Å². The van der Waals surface area contributed by atoms with Gasteiger partial charge in [-0.2, -0.15) is 19.5 Å². The van der Waals surface area contributed by atoms with Crippen molar-refractivity contribution in [3.8, 4) is 11.6 Å². The highest BCUT2D eigenvalue weighted by Gasteiger charge is 2.32. The van der Waals surface area contributed by atoms with Crippen LogP contribution in [0.2, 0.25) is 0 Å². The maximum atomic E-state index is 14.0. The average Bonchev–Trinajstić information content (AvgIpc) is 3.40. The minimum Gasteiger partial charge on any atom is -0.461 e. The van der Waals surface area contributed by atoms with Gasteiger partial charge in [0, 0.05) is 32.7 Å². The molecule has 1 atom stereocenters. The van der Waals surface area contributed by atoms with Crippen LogP contribution >= 0.6 is 0 Å². The number of nitrogens with one attached hydrogen (secondary N) is 1. The van der Waals surface area contributed by atoms with E-state index in [0.717, 1.165) is 0 Å². The molecule has 3 aromatic heterocycles. The summed E-state index contributed by atoms with van der Waals surface area (Å²) >= 11 is 0. The molecular weight excluding hydrogens is 429 g/mol. The standard InChI is InChI=1S/C21H30FN9O2/c1-13(2)15(17(32)30-9-7-29(8-10-30)12-21(3,4)22)24-19-26-18(23)31-20(27-19)25-16(28-31)14-6-5-11-33-14/h5-6,11,13,15H,7-10,12H2,1-4H3,(H3,23,24,25,26,27,28)/t15-/m0/s1. The summed E-state index contributed by atoms with van der Waals surface area (Å²) in [5.74, 6) is 1.27. The molecule has 0 aromatic carbocycles. The Kier molecular flexibility index (Phi) is 6.19. The van der Waals surface area contributed by atoms with Gasteiger partial charge in [-0.05, 0) is 31.9 Å². The lowest BCUT2D eigenvalue weighted by Crippen LogP contribution is -2.55. The molecule has 4 rings (SSSR count). The summed E-state index contributed by atoms with van der Waals surface area (Å²) in [6, 6.07) is 2.92. The van der Waals surface area contributed by atoms with Crippen LogP contribution in [0.5, 0.6) is 0 Å². The molecule has 178 valence electrons. The Labute approximate surface area is 191 Å². The molecular formula is C21H30FN9O2. The van der Waals surface area contributed by atoms with Gasteiger partial charge in [-0.3, -0.25) is 9.69 Å². The molecule has 12 heteroatoms. The van der Waals surface area contributed by atoms with Crippen LogP contribution in [0.1, 0.15) is 27.7 Å². The molecule has 1 aliphatic rings. The van der Waals surface area contributed by atoms with Crippen molar-refractivity contribution < 1.29 is 13.6 Å². The molecule has 0 bridgehead atoms. The van der Waals surface area contributed by atoms with Crippen LogP contribution in [-0.2, 0) is 4.79 Å². The largest absolute Gasteiger partial charge is 0.461 e. The SMILES string of the molecule is CC(C)[C@H](Nc1nc(N)n2nc(-c3ccco3)nc2n1)C(=O)N1CCN(CC(C)(C)F)CC1. The lowest BCUT2D eigenvalue weighted by Gasteiger charge is -2.38. The molecule has 3 aromatic rings. The van der Waals surface area contributed by atoms with Crippen LogP contribution in [0.4, 0.5) is 16.3 Å². The summed E-state index contributed by atoms with van der Waals surface area (Å²) in [7, 11) is 0. The van der Waals surface area contributed by atoms with E-state index in [0.29, 0.717) is 44.3 Å². The molecule has 1 amide bonds.